The molecule has 0 aliphatic rings. The van der Waals surface area contributed by atoms with Crippen LogP contribution in [0.1, 0.15) is 110 Å². The first kappa shape index (κ1) is 28.9. The van der Waals surface area contributed by atoms with Crippen LogP contribution in [-0.2, 0) is 0 Å². The third kappa shape index (κ3) is 17.7. The fourth-order valence-corrected chi connectivity index (χ4v) is 3.81. The van der Waals surface area contributed by atoms with Gasteiger partial charge in [-0.15, -0.1) is 0 Å². The van der Waals surface area contributed by atoms with E-state index in [1.165, 1.54) is 96.3 Å². The molecule has 1 aromatic rings. The van der Waals surface area contributed by atoms with Crippen molar-refractivity contribution in [3.63, 3.8) is 0 Å². The molecule has 3 N–H and O–H groups in total. The van der Waals surface area contributed by atoms with Crippen molar-refractivity contribution in [3.8, 4) is 0 Å². The third-order valence-electron chi connectivity index (χ3n) is 4.99. The van der Waals surface area contributed by atoms with E-state index in [0.29, 0.717) is 15.5 Å². The second-order valence-corrected chi connectivity index (χ2v) is 8.37. The smallest absolute Gasteiger partial charge is 0.205 e. The molecule has 7 heteroatoms. The third-order valence-corrected chi connectivity index (χ3v) is 5.39. The maximum absolute atomic E-state index is 5.05. The van der Waals surface area contributed by atoms with Gasteiger partial charge in [0.25, 0.3) is 0 Å². The van der Waals surface area contributed by atoms with Crippen LogP contribution in [0.25, 0.3) is 0 Å². The monoisotopic (exact) mass is 451 g/mol. The standard InChI is InChI=1S/C21H40N4S2.K/c1-2-3-4-5-6-7-8-9-10-11-12-13-14-15-16-17-18-22-19-23-20(26)25-21(27)24-19;/h2-18H2,1H3,(H3,22,23,24,25,26,27);. The zero-order valence-electron chi connectivity index (χ0n) is 18.3. The van der Waals surface area contributed by atoms with Crippen LogP contribution in [0.2, 0.25) is 0 Å². The van der Waals surface area contributed by atoms with Gasteiger partial charge in [-0.2, -0.15) is 4.98 Å². The molecule has 0 aliphatic heterocycles. The molecule has 0 spiro atoms. The first-order valence-corrected chi connectivity index (χ1v) is 12.0. The van der Waals surface area contributed by atoms with Gasteiger partial charge < -0.3 is 15.3 Å². The van der Waals surface area contributed by atoms with Crippen LogP contribution >= 0.6 is 24.4 Å². The summed E-state index contributed by atoms with van der Waals surface area (Å²) in [5, 5.41) is 3.26. The molecule has 0 unspecified atom stereocenters. The normalized spacial score (nSPS) is 10.6. The van der Waals surface area contributed by atoms with Crippen LogP contribution in [0.3, 0.4) is 0 Å². The molecule has 0 saturated carbocycles. The van der Waals surface area contributed by atoms with E-state index < -0.39 is 0 Å². The maximum atomic E-state index is 5.05. The van der Waals surface area contributed by atoms with Crippen LogP contribution in [0.4, 0.5) is 5.95 Å². The molecule has 28 heavy (non-hydrogen) atoms. The van der Waals surface area contributed by atoms with Gasteiger partial charge in [0.1, 0.15) is 0 Å². The Morgan fingerprint density at radius 2 is 1.11 bits per heavy atom. The first-order chi connectivity index (χ1) is 13.2. The number of aromatic amines is 2. The molecular weight excluding hydrogens is 411 g/mol. The minimum Gasteiger partial charge on any atom is -0.356 e. The molecule has 157 valence electrons. The Bertz CT molecular complexity index is 546. The number of H-pyrrole nitrogens is 2. The Kier molecular flexibility index (Phi) is 21.8. The molecule has 1 rings (SSSR count). The van der Waals surface area contributed by atoms with Gasteiger partial charge in [-0.05, 0) is 30.9 Å². The van der Waals surface area contributed by atoms with Gasteiger partial charge in [0.05, 0.1) is 0 Å². The molecule has 0 aromatic carbocycles. The van der Waals surface area contributed by atoms with Crippen molar-refractivity contribution in [1.82, 2.24) is 15.0 Å². The number of hydrogen-bond donors (Lipinski definition) is 3. The summed E-state index contributed by atoms with van der Waals surface area (Å²) in [6.45, 7) is 3.20. The Balaban J connectivity index is 0.00000729. The predicted octanol–water partition coefficient (Wildman–Crippen LogP) is 7.49. The number of anilines is 1. The van der Waals surface area contributed by atoms with Crippen LogP contribution < -0.4 is 5.32 Å². The fourth-order valence-electron chi connectivity index (χ4n) is 3.36. The van der Waals surface area contributed by atoms with E-state index in [-0.39, 0.29) is 51.4 Å². The van der Waals surface area contributed by atoms with Gasteiger partial charge in [0.2, 0.25) is 10.7 Å². The quantitative estimate of drug-likeness (QED) is 0.123. The van der Waals surface area contributed by atoms with Crippen LogP contribution in [0.15, 0.2) is 0 Å². The predicted molar refractivity (Wildman–Crippen MR) is 128 cm³/mol. The molecule has 0 saturated heterocycles. The molecule has 0 aliphatic carbocycles. The molecule has 0 atom stereocenters. The van der Waals surface area contributed by atoms with E-state index in [2.05, 4.69) is 27.2 Å². The molecule has 0 bridgehead atoms. The second-order valence-electron chi connectivity index (χ2n) is 7.57. The molecule has 0 amide bonds. The largest absolute Gasteiger partial charge is 0.356 e. The van der Waals surface area contributed by atoms with E-state index in [1.54, 1.807) is 0 Å². The summed E-state index contributed by atoms with van der Waals surface area (Å²) < 4.78 is 0.942. The number of hydrogen-bond acceptors (Lipinski definition) is 4. The minimum absolute atomic E-state index is 0. The average molecular weight is 452 g/mol. The van der Waals surface area contributed by atoms with Crippen LogP contribution in [0.5, 0.6) is 0 Å². The summed E-state index contributed by atoms with van der Waals surface area (Å²) in [7, 11) is 0. The Hall–Kier alpha value is 0.886. The SMILES string of the molecule is CCCCCCCCCCCCCCCCCCNc1nc(=S)[nH]c(=S)[nH]1.[K]. The van der Waals surface area contributed by atoms with E-state index in [9.17, 15) is 0 Å². The summed E-state index contributed by atoms with van der Waals surface area (Å²) in [6, 6.07) is 0. The summed E-state index contributed by atoms with van der Waals surface area (Å²) in [5.41, 5.74) is 0. The number of aromatic nitrogens is 3. The van der Waals surface area contributed by atoms with Gasteiger partial charge in [0.15, 0.2) is 4.77 Å². The molecule has 1 heterocycles. The van der Waals surface area contributed by atoms with Gasteiger partial charge in [-0.1, -0.05) is 103 Å². The van der Waals surface area contributed by atoms with Crippen molar-refractivity contribution in [3.05, 3.63) is 9.54 Å². The molecule has 4 nitrogen and oxygen atoms in total. The Morgan fingerprint density at radius 1 is 0.679 bits per heavy atom. The van der Waals surface area contributed by atoms with Gasteiger partial charge in [-0.3, -0.25) is 0 Å². The van der Waals surface area contributed by atoms with Gasteiger partial charge in [-0.25, -0.2) is 0 Å². The number of unbranched alkanes of at least 4 members (excludes halogenated alkanes) is 15. The zero-order valence-corrected chi connectivity index (χ0v) is 23.0. The summed E-state index contributed by atoms with van der Waals surface area (Å²) in [5.74, 6) is 0.671. The van der Waals surface area contributed by atoms with Crippen molar-refractivity contribution in [2.75, 3.05) is 11.9 Å². The van der Waals surface area contributed by atoms with E-state index in [4.69, 9.17) is 24.4 Å². The van der Waals surface area contributed by atoms with Crippen molar-refractivity contribution < 1.29 is 0 Å². The van der Waals surface area contributed by atoms with Crippen molar-refractivity contribution in [2.45, 2.75) is 110 Å². The Morgan fingerprint density at radius 3 is 1.54 bits per heavy atom. The van der Waals surface area contributed by atoms with E-state index in [1.807, 2.05) is 0 Å². The summed E-state index contributed by atoms with van der Waals surface area (Å²) in [4.78, 5) is 9.94. The van der Waals surface area contributed by atoms with Crippen LogP contribution in [0, 0.1) is 9.54 Å². The maximum Gasteiger partial charge on any atom is 0.205 e. The number of nitrogens with one attached hydrogen (secondary N) is 3. The average Bonchev–Trinajstić information content (AvgIpc) is 2.63. The second kappa shape index (κ2) is 21.1. The number of rotatable bonds is 18. The van der Waals surface area contributed by atoms with E-state index >= 15 is 0 Å². The minimum atomic E-state index is 0. The Labute approximate surface area is 225 Å². The molecule has 1 aromatic heterocycles. The first-order valence-electron chi connectivity index (χ1n) is 11.2. The summed E-state index contributed by atoms with van der Waals surface area (Å²) >= 11 is 10.1. The topological polar surface area (TPSA) is 56.5 Å². The van der Waals surface area contributed by atoms with Crippen molar-refractivity contribution in [2.24, 2.45) is 0 Å². The van der Waals surface area contributed by atoms with Gasteiger partial charge in [0, 0.05) is 57.9 Å². The van der Waals surface area contributed by atoms with Gasteiger partial charge >= 0.3 is 0 Å². The van der Waals surface area contributed by atoms with E-state index in [0.717, 1.165) is 13.0 Å². The zero-order chi connectivity index (χ0) is 19.6. The molecule has 0 fully saturated rings. The summed E-state index contributed by atoms with van der Waals surface area (Å²) in [6.07, 6.45) is 22.3. The van der Waals surface area contributed by atoms with Crippen LogP contribution in [-0.4, -0.2) is 72.9 Å². The van der Waals surface area contributed by atoms with Crippen molar-refractivity contribution in [1.29, 1.82) is 0 Å². The molecular formula is C21H40KN4S2. The number of nitrogens with zero attached hydrogens (tertiary/aromatic N) is 1. The molecule has 1 radical (unpaired) electrons. The van der Waals surface area contributed by atoms with Crippen molar-refractivity contribution >= 4 is 81.8 Å². The fraction of sp³-hybridized carbons (Fsp3) is 0.857.